The van der Waals surface area contributed by atoms with Gasteiger partial charge in [0.2, 0.25) is 0 Å². The number of hydrogen-bond donors (Lipinski definition) is 0. The van der Waals surface area contributed by atoms with E-state index in [1.165, 1.54) is 62.0 Å². The van der Waals surface area contributed by atoms with Crippen molar-refractivity contribution in [1.82, 2.24) is 4.90 Å². The lowest BCUT2D eigenvalue weighted by Gasteiger charge is -2.32. The van der Waals surface area contributed by atoms with Crippen molar-refractivity contribution in [3.05, 3.63) is 47.5 Å². The molecule has 0 saturated carbocycles. The van der Waals surface area contributed by atoms with Crippen molar-refractivity contribution < 1.29 is 0 Å². The van der Waals surface area contributed by atoms with Gasteiger partial charge in [0.1, 0.15) is 0 Å². The van der Waals surface area contributed by atoms with Gasteiger partial charge in [0.05, 0.1) is 0 Å². The standard InChI is InChI=1S/C18H27N/c1-15(2)5-4-12-19-13-10-18(11-14-19)17-8-6-16(3)7-9-17/h6-9,18H,1,4-5,10-14H2,2-3H3. The fourth-order valence-electron chi connectivity index (χ4n) is 2.93. The van der Waals surface area contributed by atoms with Gasteiger partial charge in [0, 0.05) is 0 Å². The zero-order valence-corrected chi connectivity index (χ0v) is 12.5. The summed E-state index contributed by atoms with van der Waals surface area (Å²) < 4.78 is 0. The molecule has 0 spiro atoms. The highest BCUT2D eigenvalue weighted by atomic mass is 15.1. The molecule has 1 aliphatic rings. The average Bonchev–Trinajstić information content (AvgIpc) is 2.40. The maximum atomic E-state index is 3.98. The van der Waals surface area contributed by atoms with Gasteiger partial charge in [-0.25, -0.2) is 0 Å². The molecule has 1 aromatic rings. The fourth-order valence-corrected chi connectivity index (χ4v) is 2.93. The molecule has 0 unspecified atom stereocenters. The number of likely N-dealkylation sites (tertiary alicyclic amines) is 1. The van der Waals surface area contributed by atoms with E-state index in [1.807, 2.05) is 0 Å². The van der Waals surface area contributed by atoms with Crippen LogP contribution in [0.5, 0.6) is 0 Å². The molecule has 19 heavy (non-hydrogen) atoms. The van der Waals surface area contributed by atoms with Gasteiger partial charge in [-0.1, -0.05) is 35.4 Å². The van der Waals surface area contributed by atoms with Crippen LogP contribution in [0.25, 0.3) is 0 Å². The lowest BCUT2D eigenvalue weighted by atomic mass is 9.89. The summed E-state index contributed by atoms with van der Waals surface area (Å²) in [5.74, 6) is 0.776. The van der Waals surface area contributed by atoms with Gasteiger partial charge in [-0.3, -0.25) is 0 Å². The first-order chi connectivity index (χ1) is 9.15. The second-order valence-electron chi connectivity index (χ2n) is 6.09. The number of hydrogen-bond acceptors (Lipinski definition) is 1. The Kier molecular flexibility index (Phi) is 5.21. The molecular formula is C18H27N. The third-order valence-electron chi connectivity index (χ3n) is 4.21. The van der Waals surface area contributed by atoms with E-state index >= 15 is 0 Å². The third-order valence-corrected chi connectivity index (χ3v) is 4.21. The molecule has 104 valence electrons. The van der Waals surface area contributed by atoms with Crippen LogP contribution in [0.3, 0.4) is 0 Å². The Balaban J connectivity index is 1.76. The molecule has 1 heteroatoms. The number of nitrogens with zero attached hydrogens (tertiary/aromatic N) is 1. The van der Waals surface area contributed by atoms with E-state index in [2.05, 4.69) is 49.6 Å². The molecule has 0 amide bonds. The minimum Gasteiger partial charge on any atom is -0.303 e. The summed E-state index contributed by atoms with van der Waals surface area (Å²) >= 11 is 0. The van der Waals surface area contributed by atoms with Crippen molar-refractivity contribution in [3.8, 4) is 0 Å². The van der Waals surface area contributed by atoms with Gasteiger partial charge in [-0.2, -0.15) is 0 Å². The molecule has 1 heterocycles. The van der Waals surface area contributed by atoms with E-state index in [4.69, 9.17) is 0 Å². The Morgan fingerprint density at radius 3 is 2.42 bits per heavy atom. The van der Waals surface area contributed by atoms with Crippen LogP contribution in [0, 0.1) is 6.92 Å². The highest BCUT2D eigenvalue weighted by Crippen LogP contribution is 2.28. The molecule has 1 aromatic carbocycles. The Labute approximate surface area is 118 Å². The van der Waals surface area contributed by atoms with E-state index in [1.54, 1.807) is 0 Å². The van der Waals surface area contributed by atoms with E-state index < -0.39 is 0 Å². The molecular weight excluding hydrogens is 230 g/mol. The van der Waals surface area contributed by atoms with Crippen molar-refractivity contribution in [2.24, 2.45) is 0 Å². The summed E-state index contributed by atoms with van der Waals surface area (Å²) in [4.78, 5) is 2.62. The average molecular weight is 257 g/mol. The van der Waals surface area contributed by atoms with Crippen LogP contribution in [0.15, 0.2) is 36.4 Å². The molecule has 0 bridgehead atoms. The van der Waals surface area contributed by atoms with Crippen molar-refractivity contribution in [2.75, 3.05) is 19.6 Å². The van der Waals surface area contributed by atoms with E-state index in [9.17, 15) is 0 Å². The lowest BCUT2D eigenvalue weighted by Crippen LogP contribution is -2.33. The van der Waals surface area contributed by atoms with Gasteiger partial charge in [-0.05, 0) is 70.6 Å². The Hall–Kier alpha value is -1.08. The summed E-state index contributed by atoms with van der Waals surface area (Å²) in [5, 5.41) is 0. The molecule has 1 fully saturated rings. The topological polar surface area (TPSA) is 3.24 Å². The first-order valence-electron chi connectivity index (χ1n) is 7.58. The molecule has 0 aromatic heterocycles. The van der Waals surface area contributed by atoms with Crippen LogP contribution in [-0.2, 0) is 0 Å². The highest BCUT2D eigenvalue weighted by molar-refractivity contribution is 5.24. The zero-order chi connectivity index (χ0) is 13.7. The van der Waals surface area contributed by atoms with Crippen molar-refractivity contribution in [3.63, 3.8) is 0 Å². The molecule has 0 N–H and O–H groups in total. The molecule has 1 nitrogen and oxygen atoms in total. The summed E-state index contributed by atoms with van der Waals surface area (Å²) in [6, 6.07) is 9.12. The maximum absolute atomic E-state index is 3.98. The van der Waals surface area contributed by atoms with Gasteiger partial charge < -0.3 is 4.90 Å². The smallest absolute Gasteiger partial charge is 0.00129 e. The highest BCUT2D eigenvalue weighted by Gasteiger charge is 2.19. The summed E-state index contributed by atoms with van der Waals surface area (Å²) in [6.07, 6.45) is 5.08. The second-order valence-corrected chi connectivity index (χ2v) is 6.09. The van der Waals surface area contributed by atoms with Crippen LogP contribution < -0.4 is 0 Å². The number of benzene rings is 1. The first kappa shape index (κ1) is 14.3. The lowest BCUT2D eigenvalue weighted by molar-refractivity contribution is 0.210. The number of piperidine rings is 1. The molecule has 2 rings (SSSR count). The van der Waals surface area contributed by atoms with Crippen LogP contribution >= 0.6 is 0 Å². The van der Waals surface area contributed by atoms with Crippen LogP contribution in [0.1, 0.15) is 49.7 Å². The van der Waals surface area contributed by atoms with Gasteiger partial charge >= 0.3 is 0 Å². The van der Waals surface area contributed by atoms with E-state index in [0.29, 0.717) is 0 Å². The molecule has 0 atom stereocenters. The molecule has 1 aliphatic heterocycles. The zero-order valence-electron chi connectivity index (χ0n) is 12.5. The summed E-state index contributed by atoms with van der Waals surface area (Å²) in [5.41, 5.74) is 4.21. The normalized spacial score (nSPS) is 17.6. The van der Waals surface area contributed by atoms with Crippen LogP contribution in [0.2, 0.25) is 0 Å². The van der Waals surface area contributed by atoms with Gasteiger partial charge in [-0.15, -0.1) is 6.58 Å². The molecule has 0 aliphatic carbocycles. The predicted octanol–water partition coefficient (Wildman–Crippen LogP) is 4.53. The first-order valence-corrected chi connectivity index (χ1v) is 7.58. The van der Waals surface area contributed by atoms with Crippen LogP contribution in [0.4, 0.5) is 0 Å². The monoisotopic (exact) mass is 257 g/mol. The van der Waals surface area contributed by atoms with Crippen LogP contribution in [-0.4, -0.2) is 24.5 Å². The summed E-state index contributed by atoms with van der Waals surface area (Å²) in [7, 11) is 0. The van der Waals surface area contributed by atoms with Crippen molar-refractivity contribution >= 4 is 0 Å². The summed E-state index contributed by atoms with van der Waals surface area (Å²) in [6.45, 7) is 12.0. The van der Waals surface area contributed by atoms with E-state index in [0.717, 1.165) is 5.92 Å². The number of rotatable bonds is 5. The largest absolute Gasteiger partial charge is 0.303 e. The quantitative estimate of drug-likeness (QED) is 0.700. The van der Waals surface area contributed by atoms with Crippen molar-refractivity contribution in [2.45, 2.75) is 45.4 Å². The Morgan fingerprint density at radius 1 is 1.21 bits per heavy atom. The third kappa shape index (κ3) is 4.50. The minimum absolute atomic E-state index is 0.776. The SMILES string of the molecule is C=C(C)CCCN1CCC(c2ccc(C)cc2)CC1. The predicted molar refractivity (Wildman–Crippen MR) is 83.6 cm³/mol. The van der Waals surface area contributed by atoms with Crippen molar-refractivity contribution in [1.29, 1.82) is 0 Å². The number of aryl methyl sites for hydroxylation is 1. The Morgan fingerprint density at radius 2 is 1.84 bits per heavy atom. The van der Waals surface area contributed by atoms with Gasteiger partial charge in [0.25, 0.3) is 0 Å². The maximum Gasteiger partial charge on any atom is -0.00129 e. The molecule has 0 radical (unpaired) electrons. The minimum atomic E-state index is 0.776. The van der Waals surface area contributed by atoms with E-state index in [-0.39, 0.29) is 0 Å². The van der Waals surface area contributed by atoms with Gasteiger partial charge in [0.15, 0.2) is 0 Å². The second kappa shape index (κ2) is 6.91. The fraction of sp³-hybridized carbons (Fsp3) is 0.556. The number of allylic oxidation sites excluding steroid dienone is 1. The Bertz CT molecular complexity index is 396. The molecule has 1 saturated heterocycles.